The Kier molecular flexibility index (Phi) is 3.75. The van der Waals surface area contributed by atoms with E-state index in [1.807, 2.05) is 6.07 Å². The van der Waals surface area contributed by atoms with Gasteiger partial charge in [0.25, 0.3) is 0 Å². The summed E-state index contributed by atoms with van der Waals surface area (Å²) in [6.07, 6.45) is 0.190. The molecule has 0 bridgehead atoms. The van der Waals surface area contributed by atoms with Crippen molar-refractivity contribution in [2.75, 3.05) is 7.05 Å². The number of likely N-dealkylation sites (N-methyl/N-ethyl adjacent to an activating group) is 1. The number of aliphatic hydroxyl groups excluding tert-OH is 1. The zero-order valence-electron chi connectivity index (χ0n) is 10.6. The Hall–Kier alpha value is -0.910. The van der Waals surface area contributed by atoms with E-state index in [4.69, 9.17) is 0 Å². The van der Waals surface area contributed by atoms with Crippen LogP contribution in [0.15, 0.2) is 29.2 Å². The summed E-state index contributed by atoms with van der Waals surface area (Å²) >= 11 is 0. The molecule has 0 saturated heterocycles. The predicted octanol–water partition coefficient (Wildman–Crippen LogP) is 0.880. The molecule has 0 heterocycles. The molecule has 2 rings (SSSR count). The molecule has 100 valence electrons. The fourth-order valence-electron chi connectivity index (χ4n) is 2.59. The van der Waals surface area contributed by atoms with E-state index in [0.717, 1.165) is 5.56 Å². The van der Waals surface area contributed by atoms with Crippen molar-refractivity contribution in [3.63, 3.8) is 0 Å². The Bertz CT molecular complexity index is 527. The molecule has 3 atom stereocenters. The van der Waals surface area contributed by atoms with E-state index in [9.17, 15) is 13.5 Å². The van der Waals surface area contributed by atoms with Crippen LogP contribution in [-0.4, -0.2) is 38.0 Å². The monoisotopic (exact) mass is 269 g/mol. The van der Waals surface area contributed by atoms with Crippen molar-refractivity contribution < 1.29 is 13.5 Å². The normalized spacial score (nSPS) is 28.5. The Morgan fingerprint density at radius 2 is 1.94 bits per heavy atom. The number of sulfone groups is 1. The number of hydrogen-bond acceptors (Lipinski definition) is 4. The average Bonchev–Trinajstić information content (AvgIpc) is 2.71. The lowest BCUT2D eigenvalue weighted by molar-refractivity contribution is 0.153. The highest BCUT2D eigenvalue weighted by Gasteiger charge is 2.40. The molecule has 1 fully saturated rings. The van der Waals surface area contributed by atoms with Crippen LogP contribution in [0.5, 0.6) is 0 Å². The number of rotatable bonds is 3. The van der Waals surface area contributed by atoms with Gasteiger partial charge in [0.1, 0.15) is 0 Å². The molecular weight excluding hydrogens is 250 g/mol. The molecule has 0 spiro atoms. The first-order chi connectivity index (χ1) is 8.46. The molecular formula is C13H19NO3S. The molecule has 0 radical (unpaired) electrons. The van der Waals surface area contributed by atoms with Crippen LogP contribution in [0, 0.1) is 6.92 Å². The maximum absolute atomic E-state index is 12.5. The predicted molar refractivity (Wildman–Crippen MR) is 70.2 cm³/mol. The van der Waals surface area contributed by atoms with Gasteiger partial charge in [-0.05, 0) is 38.4 Å². The van der Waals surface area contributed by atoms with Crippen molar-refractivity contribution >= 4 is 9.84 Å². The minimum atomic E-state index is -3.35. The zero-order valence-corrected chi connectivity index (χ0v) is 11.4. The van der Waals surface area contributed by atoms with Gasteiger partial charge < -0.3 is 10.4 Å². The van der Waals surface area contributed by atoms with Crippen molar-refractivity contribution in [1.82, 2.24) is 5.32 Å². The highest BCUT2D eigenvalue weighted by atomic mass is 32.2. The summed E-state index contributed by atoms with van der Waals surface area (Å²) in [6, 6.07) is 6.88. The largest absolute Gasteiger partial charge is 0.391 e. The van der Waals surface area contributed by atoms with Crippen LogP contribution in [0.1, 0.15) is 18.4 Å². The summed E-state index contributed by atoms with van der Waals surface area (Å²) < 4.78 is 25.0. The standard InChI is InChI=1S/C13H19NO3S/c1-9-5-3-4-6-13(9)18(16,17)10-7-11(14-2)12(15)8-10/h3-6,10-12,14-15H,7-8H2,1-2H3. The third-order valence-corrected chi connectivity index (χ3v) is 6.03. The first-order valence-corrected chi connectivity index (χ1v) is 7.66. The molecule has 3 unspecified atom stereocenters. The van der Waals surface area contributed by atoms with Gasteiger partial charge in [0.2, 0.25) is 0 Å². The van der Waals surface area contributed by atoms with Crippen LogP contribution in [0.2, 0.25) is 0 Å². The van der Waals surface area contributed by atoms with Gasteiger partial charge in [0.05, 0.1) is 16.2 Å². The van der Waals surface area contributed by atoms with Gasteiger partial charge in [0, 0.05) is 6.04 Å². The fourth-order valence-corrected chi connectivity index (χ4v) is 4.64. The Labute approximate surface area is 108 Å². The van der Waals surface area contributed by atoms with Gasteiger partial charge in [-0.1, -0.05) is 18.2 Å². The highest BCUT2D eigenvalue weighted by Crippen LogP contribution is 2.31. The summed E-state index contributed by atoms with van der Waals surface area (Å²) in [4.78, 5) is 0.388. The lowest BCUT2D eigenvalue weighted by atomic mass is 10.2. The zero-order chi connectivity index (χ0) is 13.3. The maximum atomic E-state index is 12.5. The minimum Gasteiger partial charge on any atom is -0.391 e. The van der Waals surface area contributed by atoms with Crippen LogP contribution < -0.4 is 5.32 Å². The second kappa shape index (κ2) is 4.99. The number of aryl methyl sites for hydroxylation is 1. The summed E-state index contributed by atoms with van der Waals surface area (Å²) in [7, 11) is -1.60. The Morgan fingerprint density at radius 3 is 2.50 bits per heavy atom. The van der Waals surface area contributed by atoms with Crippen molar-refractivity contribution in [3.8, 4) is 0 Å². The van der Waals surface area contributed by atoms with Crippen LogP contribution in [0.25, 0.3) is 0 Å². The summed E-state index contributed by atoms with van der Waals surface area (Å²) in [5, 5.41) is 12.3. The lowest BCUT2D eigenvalue weighted by Crippen LogP contribution is -2.32. The molecule has 18 heavy (non-hydrogen) atoms. The van der Waals surface area contributed by atoms with E-state index >= 15 is 0 Å². The molecule has 5 heteroatoms. The first-order valence-electron chi connectivity index (χ1n) is 6.11. The Morgan fingerprint density at radius 1 is 1.28 bits per heavy atom. The van der Waals surface area contributed by atoms with Gasteiger partial charge in [-0.3, -0.25) is 0 Å². The van der Waals surface area contributed by atoms with Gasteiger partial charge in [-0.15, -0.1) is 0 Å². The topological polar surface area (TPSA) is 66.4 Å². The van der Waals surface area contributed by atoms with Crippen molar-refractivity contribution in [3.05, 3.63) is 29.8 Å². The van der Waals surface area contributed by atoms with Gasteiger partial charge >= 0.3 is 0 Å². The molecule has 0 aliphatic heterocycles. The molecule has 4 nitrogen and oxygen atoms in total. The third-order valence-electron chi connectivity index (χ3n) is 3.70. The van der Waals surface area contributed by atoms with Gasteiger partial charge in [-0.2, -0.15) is 0 Å². The molecule has 0 aromatic heterocycles. The summed E-state index contributed by atoms with van der Waals surface area (Å²) in [5.74, 6) is 0. The SMILES string of the molecule is CNC1CC(S(=O)(=O)c2ccccc2C)CC1O. The van der Waals surface area contributed by atoms with Crippen LogP contribution in [0.4, 0.5) is 0 Å². The second-order valence-electron chi connectivity index (χ2n) is 4.87. The van der Waals surface area contributed by atoms with Gasteiger partial charge in [-0.25, -0.2) is 8.42 Å². The Balaban J connectivity index is 2.31. The summed E-state index contributed by atoms with van der Waals surface area (Å²) in [5.41, 5.74) is 0.764. The molecule has 1 aromatic rings. The van der Waals surface area contributed by atoms with Crippen molar-refractivity contribution in [2.45, 2.75) is 42.1 Å². The van der Waals surface area contributed by atoms with E-state index in [1.165, 1.54) is 0 Å². The van der Waals surface area contributed by atoms with E-state index in [2.05, 4.69) is 5.32 Å². The smallest absolute Gasteiger partial charge is 0.181 e. The van der Waals surface area contributed by atoms with Crippen LogP contribution in [-0.2, 0) is 9.84 Å². The average molecular weight is 269 g/mol. The van der Waals surface area contributed by atoms with E-state index in [0.29, 0.717) is 17.7 Å². The molecule has 0 amide bonds. The minimum absolute atomic E-state index is 0.131. The van der Waals surface area contributed by atoms with Crippen molar-refractivity contribution in [2.24, 2.45) is 0 Å². The van der Waals surface area contributed by atoms with Crippen LogP contribution in [0.3, 0.4) is 0 Å². The molecule has 1 aliphatic rings. The number of nitrogens with one attached hydrogen (secondary N) is 1. The number of hydrogen-bond donors (Lipinski definition) is 2. The van der Waals surface area contributed by atoms with E-state index < -0.39 is 21.2 Å². The molecule has 1 aliphatic carbocycles. The number of benzene rings is 1. The van der Waals surface area contributed by atoms with E-state index in [-0.39, 0.29) is 6.04 Å². The third kappa shape index (κ3) is 2.30. The van der Waals surface area contributed by atoms with E-state index in [1.54, 1.807) is 32.2 Å². The second-order valence-corrected chi connectivity index (χ2v) is 7.06. The summed E-state index contributed by atoms with van der Waals surface area (Å²) in [6.45, 7) is 1.80. The lowest BCUT2D eigenvalue weighted by Gasteiger charge is -2.13. The molecule has 1 aromatic carbocycles. The molecule has 1 saturated carbocycles. The van der Waals surface area contributed by atoms with Gasteiger partial charge in [0.15, 0.2) is 9.84 Å². The first kappa shape index (κ1) is 13.5. The maximum Gasteiger partial charge on any atom is 0.181 e. The molecule has 2 N–H and O–H groups in total. The quantitative estimate of drug-likeness (QED) is 0.855. The highest BCUT2D eigenvalue weighted by molar-refractivity contribution is 7.92. The van der Waals surface area contributed by atoms with Crippen LogP contribution >= 0.6 is 0 Å². The van der Waals surface area contributed by atoms with Crippen molar-refractivity contribution in [1.29, 1.82) is 0 Å². The number of aliphatic hydroxyl groups is 1. The fraction of sp³-hybridized carbons (Fsp3) is 0.538.